The largest absolute Gasteiger partial charge is 0.484 e. The molecule has 2 rings (SSSR count). The Kier molecular flexibility index (Phi) is 4.12. The molecule has 1 aromatic carbocycles. The van der Waals surface area contributed by atoms with Crippen LogP contribution in [0.3, 0.4) is 0 Å². The number of halogens is 3. The molecule has 1 unspecified atom stereocenters. The molecular formula is C13H11Cl2FN2O. The molecule has 3 nitrogen and oxygen atoms in total. The first-order chi connectivity index (χ1) is 8.99. The number of ether oxygens (including phenoxy) is 1. The summed E-state index contributed by atoms with van der Waals surface area (Å²) in [6.45, 7) is 1.73. The van der Waals surface area contributed by atoms with Gasteiger partial charge in [0.1, 0.15) is 23.5 Å². The number of nitrogen functional groups attached to an aromatic ring is 1. The zero-order valence-corrected chi connectivity index (χ0v) is 11.5. The SMILES string of the molecule is CC(Oc1ccc(N)nc1)c1c(Cl)ccc(F)c1Cl. The number of anilines is 1. The molecule has 0 radical (unpaired) electrons. The van der Waals surface area contributed by atoms with Crippen molar-refractivity contribution in [3.63, 3.8) is 0 Å². The van der Waals surface area contributed by atoms with E-state index in [0.717, 1.165) is 0 Å². The van der Waals surface area contributed by atoms with Crippen molar-refractivity contribution in [3.05, 3.63) is 51.9 Å². The third kappa shape index (κ3) is 3.08. The predicted molar refractivity (Wildman–Crippen MR) is 74.1 cm³/mol. The lowest BCUT2D eigenvalue weighted by molar-refractivity contribution is 0.226. The average molecular weight is 301 g/mol. The van der Waals surface area contributed by atoms with Crippen molar-refractivity contribution in [3.8, 4) is 5.75 Å². The maximum Gasteiger partial charge on any atom is 0.142 e. The van der Waals surface area contributed by atoms with Gasteiger partial charge >= 0.3 is 0 Å². The molecule has 6 heteroatoms. The summed E-state index contributed by atoms with van der Waals surface area (Å²) in [7, 11) is 0. The van der Waals surface area contributed by atoms with E-state index in [1.807, 2.05) is 0 Å². The molecule has 100 valence electrons. The fraction of sp³-hybridized carbons (Fsp3) is 0.154. The van der Waals surface area contributed by atoms with Crippen LogP contribution in [0.1, 0.15) is 18.6 Å². The number of benzene rings is 1. The summed E-state index contributed by atoms with van der Waals surface area (Å²) in [6.07, 6.45) is 0.966. The van der Waals surface area contributed by atoms with Crippen LogP contribution in [0.15, 0.2) is 30.5 Å². The third-order valence-electron chi connectivity index (χ3n) is 2.56. The van der Waals surface area contributed by atoms with Gasteiger partial charge in [-0.05, 0) is 31.2 Å². The maximum absolute atomic E-state index is 13.4. The number of nitrogens with two attached hydrogens (primary N) is 1. The van der Waals surface area contributed by atoms with Crippen molar-refractivity contribution in [2.24, 2.45) is 0 Å². The summed E-state index contributed by atoms with van der Waals surface area (Å²) in [5.74, 6) is 0.354. The van der Waals surface area contributed by atoms with Crippen molar-refractivity contribution in [1.82, 2.24) is 4.98 Å². The van der Waals surface area contributed by atoms with Crippen LogP contribution in [-0.2, 0) is 0 Å². The van der Waals surface area contributed by atoms with Crippen LogP contribution in [0.2, 0.25) is 10.0 Å². The molecule has 0 saturated heterocycles. The second kappa shape index (κ2) is 5.63. The van der Waals surface area contributed by atoms with Gasteiger partial charge < -0.3 is 10.5 Å². The van der Waals surface area contributed by atoms with E-state index in [4.69, 9.17) is 33.7 Å². The number of aromatic nitrogens is 1. The Hall–Kier alpha value is -1.52. The molecule has 0 spiro atoms. The standard InChI is InChI=1S/C13H11Cl2FN2O/c1-7(19-8-2-5-11(17)18-6-8)12-9(14)3-4-10(16)13(12)15/h2-7H,1H3,(H2,17,18). The van der Waals surface area contributed by atoms with Crippen LogP contribution < -0.4 is 10.5 Å². The number of hydrogen-bond donors (Lipinski definition) is 1. The lowest BCUT2D eigenvalue weighted by Gasteiger charge is -2.17. The Morgan fingerprint density at radius 3 is 2.63 bits per heavy atom. The van der Waals surface area contributed by atoms with Crippen molar-refractivity contribution in [2.45, 2.75) is 13.0 Å². The highest BCUT2D eigenvalue weighted by Gasteiger charge is 2.18. The van der Waals surface area contributed by atoms with Crippen LogP contribution in [-0.4, -0.2) is 4.98 Å². The Morgan fingerprint density at radius 1 is 1.26 bits per heavy atom. The Morgan fingerprint density at radius 2 is 2.00 bits per heavy atom. The fourth-order valence-corrected chi connectivity index (χ4v) is 2.32. The van der Waals surface area contributed by atoms with Gasteiger partial charge in [-0.2, -0.15) is 0 Å². The minimum atomic E-state index is -0.535. The average Bonchev–Trinajstić information content (AvgIpc) is 2.37. The summed E-state index contributed by atoms with van der Waals surface area (Å²) in [5.41, 5.74) is 5.88. The summed E-state index contributed by atoms with van der Waals surface area (Å²) in [5, 5.41) is 0.311. The quantitative estimate of drug-likeness (QED) is 0.862. The van der Waals surface area contributed by atoms with Crippen LogP contribution in [0, 0.1) is 5.82 Å². The summed E-state index contributed by atoms with van der Waals surface area (Å²) < 4.78 is 19.1. The fourth-order valence-electron chi connectivity index (χ4n) is 1.64. The molecule has 0 amide bonds. The Bertz CT molecular complexity index is 590. The zero-order valence-electron chi connectivity index (χ0n) is 10.0. The maximum atomic E-state index is 13.4. The van der Waals surface area contributed by atoms with Gasteiger partial charge in [-0.15, -0.1) is 0 Å². The van der Waals surface area contributed by atoms with Crippen molar-refractivity contribution < 1.29 is 9.13 Å². The van der Waals surface area contributed by atoms with Gasteiger partial charge in [0.05, 0.1) is 11.2 Å². The van der Waals surface area contributed by atoms with E-state index in [0.29, 0.717) is 22.2 Å². The minimum absolute atomic E-state index is 0.0385. The van der Waals surface area contributed by atoms with E-state index >= 15 is 0 Å². The van der Waals surface area contributed by atoms with E-state index in [2.05, 4.69) is 4.98 Å². The third-order valence-corrected chi connectivity index (χ3v) is 3.27. The van der Waals surface area contributed by atoms with Gasteiger partial charge in [0.25, 0.3) is 0 Å². The first-order valence-corrected chi connectivity index (χ1v) is 6.26. The first kappa shape index (κ1) is 13.9. The summed E-state index contributed by atoms with van der Waals surface area (Å²) >= 11 is 11.9. The van der Waals surface area contributed by atoms with E-state index in [1.165, 1.54) is 18.3 Å². The van der Waals surface area contributed by atoms with Crippen LogP contribution in [0.5, 0.6) is 5.75 Å². The first-order valence-electron chi connectivity index (χ1n) is 5.50. The molecule has 0 aliphatic heterocycles. The Labute approximate surface area is 120 Å². The molecule has 19 heavy (non-hydrogen) atoms. The van der Waals surface area contributed by atoms with Gasteiger partial charge in [-0.1, -0.05) is 23.2 Å². The van der Waals surface area contributed by atoms with Gasteiger partial charge in [-0.25, -0.2) is 9.37 Å². The van der Waals surface area contributed by atoms with E-state index in [9.17, 15) is 4.39 Å². The molecular weight excluding hydrogens is 290 g/mol. The van der Waals surface area contributed by atoms with Crippen molar-refractivity contribution in [1.29, 1.82) is 0 Å². The van der Waals surface area contributed by atoms with Crippen molar-refractivity contribution in [2.75, 3.05) is 5.73 Å². The lowest BCUT2D eigenvalue weighted by atomic mass is 10.1. The molecule has 0 aliphatic carbocycles. The Balaban J connectivity index is 2.27. The van der Waals surface area contributed by atoms with Gasteiger partial charge in [0, 0.05) is 10.6 Å². The lowest BCUT2D eigenvalue weighted by Crippen LogP contribution is -2.06. The number of rotatable bonds is 3. The molecule has 0 aliphatic rings. The van der Waals surface area contributed by atoms with Crippen LogP contribution in [0.4, 0.5) is 10.2 Å². The molecule has 0 bridgehead atoms. The zero-order chi connectivity index (χ0) is 14.0. The number of nitrogens with zero attached hydrogens (tertiary/aromatic N) is 1. The van der Waals surface area contributed by atoms with Crippen LogP contribution >= 0.6 is 23.2 Å². The second-order valence-electron chi connectivity index (χ2n) is 3.94. The summed E-state index contributed by atoms with van der Waals surface area (Å²) in [4.78, 5) is 3.90. The number of pyridine rings is 1. The van der Waals surface area contributed by atoms with Gasteiger partial charge in [0.15, 0.2) is 0 Å². The molecule has 2 N–H and O–H groups in total. The van der Waals surface area contributed by atoms with Crippen LogP contribution in [0.25, 0.3) is 0 Å². The van der Waals surface area contributed by atoms with E-state index in [1.54, 1.807) is 19.1 Å². The molecule has 0 fully saturated rings. The molecule has 1 heterocycles. The minimum Gasteiger partial charge on any atom is -0.484 e. The number of hydrogen-bond acceptors (Lipinski definition) is 3. The van der Waals surface area contributed by atoms with Gasteiger partial charge in [-0.3, -0.25) is 0 Å². The highest BCUT2D eigenvalue weighted by molar-refractivity contribution is 6.36. The normalized spacial score (nSPS) is 12.2. The molecule has 2 aromatic rings. The van der Waals surface area contributed by atoms with Gasteiger partial charge in [0.2, 0.25) is 0 Å². The van der Waals surface area contributed by atoms with E-state index in [-0.39, 0.29) is 5.02 Å². The van der Waals surface area contributed by atoms with E-state index < -0.39 is 11.9 Å². The second-order valence-corrected chi connectivity index (χ2v) is 4.72. The summed E-state index contributed by atoms with van der Waals surface area (Å²) in [6, 6.07) is 5.93. The highest BCUT2D eigenvalue weighted by Crippen LogP contribution is 2.34. The monoisotopic (exact) mass is 300 g/mol. The smallest absolute Gasteiger partial charge is 0.142 e. The highest BCUT2D eigenvalue weighted by atomic mass is 35.5. The molecule has 0 saturated carbocycles. The van der Waals surface area contributed by atoms with Crippen molar-refractivity contribution >= 4 is 29.0 Å². The predicted octanol–water partition coefficient (Wildman–Crippen LogP) is 4.25. The molecule has 1 atom stereocenters. The molecule has 1 aromatic heterocycles. The topological polar surface area (TPSA) is 48.1 Å².